The molecule has 3 rings (SSSR count). The summed E-state index contributed by atoms with van der Waals surface area (Å²) in [5.41, 5.74) is 3.76. The second-order valence-electron chi connectivity index (χ2n) is 4.59. The van der Waals surface area contributed by atoms with Crippen molar-refractivity contribution in [2.75, 3.05) is 13.2 Å². The number of aromatic nitrogens is 2. The number of nitrogens with zero attached hydrogens (tertiary/aromatic N) is 2. The molecule has 3 aromatic rings. The molecule has 0 amide bonds. The van der Waals surface area contributed by atoms with Gasteiger partial charge in [0, 0.05) is 11.8 Å². The largest absolute Gasteiger partial charge is 0.475 e. The zero-order valence-corrected chi connectivity index (χ0v) is 11.3. The lowest BCUT2D eigenvalue weighted by atomic mass is 10.2. The lowest BCUT2D eigenvalue weighted by Crippen LogP contribution is -2.04. The predicted octanol–water partition coefficient (Wildman–Crippen LogP) is 2.68. The Morgan fingerprint density at radius 1 is 1.15 bits per heavy atom. The summed E-state index contributed by atoms with van der Waals surface area (Å²) in [6, 6.07) is 13.9. The van der Waals surface area contributed by atoms with E-state index in [4.69, 9.17) is 14.8 Å². The summed E-state index contributed by atoms with van der Waals surface area (Å²) < 4.78 is 7.62. The average molecular weight is 268 g/mol. The van der Waals surface area contributed by atoms with Crippen molar-refractivity contribution in [3.63, 3.8) is 0 Å². The lowest BCUT2D eigenvalue weighted by molar-refractivity contribution is 0.196. The SMILES string of the molecule is Cc1cccn2c(OCCO)c(-c3ccccc3)nc12. The van der Waals surface area contributed by atoms with Gasteiger partial charge in [-0.3, -0.25) is 4.40 Å². The Morgan fingerprint density at radius 2 is 1.95 bits per heavy atom. The summed E-state index contributed by atoms with van der Waals surface area (Å²) in [5.74, 6) is 0.670. The second kappa shape index (κ2) is 5.35. The van der Waals surface area contributed by atoms with Gasteiger partial charge >= 0.3 is 0 Å². The van der Waals surface area contributed by atoms with Crippen LogP contribution >= 0.6 is 0 Å². The van der Waals surface area contributed by atoms with Crippen molar-refractivity contribution in [2.24, 2.45) is 0 Å². The smallest absolute Gasteiger partial charge is 0.226 e. The highest BCUT2D eigenvalue weighted by Gasteiger charge is 2.16. The maximum Gasteiger partial charge on any atom is 0.226 e. The van der Waals surface area contributed by atoms with Gasteiger partial charge in [0.25, 0.3) is 0 Å². The van der Waals surface area contributed by atoms with E-state index >= 15 is 0 Å². The Kier molecular flexibility index (Phi) is 3.39. The first-order valence-corrected chi connectivity index (χ1v) is 6.58. The van der Waals surface area contributed by atoms with Gasteiger partial charge in [0.15, 0.2) is 0 Å². The molecule has 0 saturated carbocycles. The fraction of sp³-hybridized carbons (Fsp3) is 0.188. The fourth-order valence-electron chi connectivity index (χ4n) is 2.25. The number of hydrogen-bond acceptors (Lipinski definition) is 3. The van der Waals surface area contributed by atoms with Gasteiger partial charge in [-0.05, 0) is 18.6 Å². The van der Waals surface area contributed by atoms with Crippen LogP contribution in [0.4, 0.5) is 0 Å². The van der Waals surface area contributed by atoms with Gasteiger partial charge in [-0.15, -0.1) is 0 Å². The van der Waals surface area contributed by atoms with Crippen molar-refractivity contribution in [1.29, 1.82) is 0 Å². The van der Waals surface area contributed by atoms with Crippen LogP contribution in [0.25, 0.3) is 16.9 Å². The van der Waals surface area contributed by atoms with Crippen molar-refractivity contribution in [3.8, 4) is 17.1 Å². The Balaban J connectivity index is 2.22. The summed E-state index contributed by atoms with van der Waals surface area (Å²) in [4.78, 5) is 4.69. The molecule has 0 aliphatic heterocycles. The van der Waals surface area contributed by atoms with E-state index in [1.54, 1.807) is 0 Å². The van der Waals surface area contributed by atoms with E-state index in [1.807, 2.05) is 60.0 Å². The molecule has 102 valence electrons. The molecule has 2 heterocycles. The van der Waals surface area contributed by atoms with E-state index in [9.17, 15) is 0 Å². The Labute approximate surface area is 117 Å². The molecule has 0 bridgehead atoms. The van der Waals surface area contributed by atoms with Crippen LogP contribution in [0.15, 0.2) is 48.7 Å². The Hall–Kier alpha value is -2.33. The first kappa shape index (κ1) is 12.7. The van der Waals surface area contributed by atoms with E-state index in [1.165, 1.54) is 0 Å². The first-order chi connectivity index (χ1) is 9.81. The number of aryl methyl sites for hydroxylation is 1. The molecule has 0 radical (unpaired) electrons. The molecular formula is C16H16N2O2. The van der Waals surface area contributed by atoms with Crippen LogP contribution in [0.5, 0.6) is 5.88 Å². The van der Waals surface area contributed by atoms with Crippen LogP contribution in [-0.2, 0) is 0 Å². The normalized spacial score (nSPS) is 10.9. The molecule has 4 heteroatoms. The number of imidazole rings is 1. The number of fused-ring (bicyclic) bond motifs is 1. The molecule has 1 aromatic carbocycles. The molecule has 1 N–H and O–H groups in total. The lowest BCUT2D eigenvalue weighted by Gasteiger charge is -2.06. The number of aliphatic hydroxyl groups excluding tert-OH is 1. The number of rotatable bonds is 4. The van der Waals surface area contributed by atoms with Gasteiger partial charge in [-0.25, -0.2) is 4.98 Å². The number of aliphatic hydroxyl groups is 1. The molecule has 0 spiro atoms. The summed E-state index contributed by atoms with van der Waals surface area (Å²) in [6.07, 6.45) is 1.93. The number of ether oxygens (including phenoxy) is 1. The zero-order valence-electron chi connectivity index (χ0n) is 11.3. The molecular weight excluding hydrogens is 252 g/mol. The van der Waals surface area contributed by atoms with Crippen LogP contribution < -0.4 is 4.74 Å². The molecule has 20 heavy (non-hydrogen) atoms. The third-order valence-corrected chi connectivity index (χ3v) is 3.18. The number of hydrogen-bond donors (Lipinski definition) is 1. The van der Waals surface area contributed by atoms with Gasteiger partial charge < -0.3 is 9.84 Å². The van der Waals surface area contributed by atoms with Crippen molar-refractivity contribution < 1.29 is 9.84 Å². The highest BCUT2D eigenvalue weighted by molar-refractivity contribution is 5.70. The van der Waals surface area contributed by atoms with Crippen molar-refractivity contribution in [2.45, 2.75) is 6.92 Å². The van der Waals surface area contributed by atoms with Crippen molar-refractivity contribution in [1.82, 2.24) is 9.38 Å². The molecule has 0 atom stereocenters. The molecule has 2 aromatic heterocycles. The van der Waals surface area contributed by atoms with E-state index in [2.05, 4.69) is 0 Å². The van der Waals surface area contributed by atoms with Gasteiger partial charge in [-0.2, -0.15) is 0 Å². The van der Waals surface area contributed by atoms with E-state index < -0.39 is 0 Å². The first-order valence-electron chi connectivity index (χ1n) is 6.58. The van der Waals surface area contributed by atoms with Gasteiger partial charge in [-0.1, -0.05) is 36.4 Å². The molecule has 0 aliphatic carbocycles. The fourth-order valence-corrected chi connectivity index (χ4v) is 2.25. The summed E-state index contributed by atoms with van der Waals surface area (Å²) in [5, 5.41) is 9.00. The molecule has 0 aliphatic rings. The van der Waals surface area contributed by atoms with E-state index in [0.717, 1.165) is 22.5 Å². The molecule has 0 fully saturated rings. The minimum absolute atomic E-state index is 0.0206. The summed E-state index contributed by atoms with van der Waals surface area (Å²) >= 11 is 0. The van der Waals surface area contributed by atoms with E-state index in [0.29, 0.717) is 5.88 Å². The van der Waals surface area contributed by atoms with Crippen LogP contribution in [0.2, 0.25) is 0 Å². The predicted molar refractivity (Wildman–Crippen MR) is 77.9 cm³/mol. The third-order valence-electron chi connectivity index (χ3n) is 3.18. The van der Waals surface area contributed by atoms with Gasteiger partial charge in [0.1, 0.15) is 17.9 Å². The van der Waals surface area contributed by atoms with Crippen LogP contribution in [0.1, 0.15) is 5.56 Å². The topological polar surface area (TPSA) is 46.8 Å². The average Bonchev–Trinajstić information content (AvgIpc) is 2.86. The third kappa shape index (κ3) is 2.14. The molecule has 0 saturated heterocycles. The Morgan fingerprint density at radius 3 is 2.70 bits per heavy atom. The van der Waals surface area contributed by atoms with Crippen LogP contribution in [0.3, 0.4) is 0 Å². The maximum absolute atomic E-state index is 9.00. The number of benzene rings is 1. The zero-order chi connectivity index (χ0) is 13.9. The number of pyridine rings is 1. The quantitative estimate of drug-likeness (QED) is 0.791. The minimum atomic E-state index is -0.0206. The van der Waals surface area contributed by atoms with Crippen molar-refractivity contribution in [3.05, 3.63) is 54.2 Å². The summed E-state index contributed by atoms with van der Waals surface area (Å²) in [7, 11) is 0. The van der Waals surface area contributed by atoms with E-state index in [-0.39, 0.29) is 13.2 Å². The second-order valence-corrected chi connectivity index (χ2v) is 4.59. The van der Waals surface area contributed by atoms with Gasteiger partial charge in [0.05, 0.1) is 6.61 Å². The Bertz CT molecular complexity index is 720. The standard InChI is InChI=1S/C16H16N2O2/c1-12-6-5-9-18-15(12)17-14(16(18)20-11-10-19)13-7-3-2-4-8-13/h2-9,19H,10-11H2,1H3. The highest BCUT2D eigenvalue weighted by Crippen LogP contribution is 2.31. The van der Waals surface area contributed by atoms with Crippen LogP contribution in [-0.4, -0.2) is 27.7 Å². The minimum Gasteiger partial charge on any atom is -0.475 e. The molecule has 0 unspecified atom stereocenters. The monoisotopic (exact) mass is 268 g/mol. The van der Waals surface area contributed by atoms with Gasteiger partial charge in [0.2, 0.25) is 5.88 Å². The van der Waals surface area contributed by atoms with Crippen molar-refractivity contribution >= 4 is 5.65 Å². The summed E-state index contributed by atoms with van der Waals surface area (Å²) in [6.45, 7) is 2.25. The highest BCUT2D eigenvalue weighted by atomic mass is 16.5. The maximum atomic E-state index is 9.00. The van der Waals surface area contributed by atoms with Crippen LogP contribution in [0, 0.1) is 6.92 Å². The molecule has 4 nitrogen and oxygen atoms in total.